The van der Waals surface area contributed by atoms with Crippen LogP contribution in [-0.4, -0.2) is 21.7 Å². The van der Waals surface area contributed by atoms with Crippen LogP contribution < -0.4 is 5.32 Å². The summed E-state index contributed by atoms with van der Waals surface area (Å²) in [6.45, 7) is 2.13. The van der Waals surface area contributed by atoms with Crippen molar-refractivity contribution in [3.05, 3.63) is 65.1 Å². The quantitative estimate of drug-likeness (QED) is 0.624. The van der Waals surface area contributed by atoms with Gasteiger partial charge in [-0.15, -0.1) is 0 Å². The molecule has 1 aromatic heterocycles. The molecule has 2 aliphatic carbocycles. The fourth-order valence-electron chi connectivity index (χ4n) is 5.21. The van der Waals surface area contributed by atoms with E-state index >= 15 is 0 Å². The van der Waals surface area contributed by atoms with Crippen molar-refractivity contribution >= 4 is 28.4 Å². The Kier molecular flexibility index (Phi) is 4.58. The first kappa shape index (κ1) is 18.6. The fourth-order valence-corrected chi connectivity index (χ4v) is 5.34. The first-order valence-corrected chi connectivity index (χ1v) is 10.6. The van der Waals surface area contributed by atoms with Crippen molar-refractivity contribution < 1.29 is 9.18 Å². The average Bonchev–Trinajstić information content (AvgIpc) is 3.08. The Morgan fingerprint density at radius 2 is 1.97 bits per heavy atom. The molecule has 1 N–H and O–H groups in total. The van der Waals surface area contributed by atoms with Crippen molar-refractivity contribution in [2.75, 3.05) is 0 Å². The molecule has 1 amide bonds. The minimum absolute atomic E-state index is 0.0381. The van der Waals surface area contributed by atoms with Crippen molar-refractivity contribution in [1.29, 1.82) is 0 Å². The van der Waals surface area contributed by atoms with Crippen LogP contribution in [0.1, 0.15) is 42.6 Å². The summed E-state index contributed by atoms with van der Waals surface area (Å²) in [6.07, 6.45) is 4.84. The lowest BCUT2D eigenvalue weighted by Crippen LogP contribution is -2.37. The van der Waals surface area contributed by atoms with Crippen LogP contribution in [0.3, 0.4) is 0 Å². The number of carbonyl (C=O) groups excluding carboxylic acids is 1. The first-order chi connectivity index (χ1) is 14.0. The molecule has 4 nitrogen and oxygen atoms in total. The van der Waals surface area contributed by atoms with Crippen molar-refractivity contribution in [1.82, 2.24) is 15.1 Å². The van der Waals surface area contributed by atoms with Crippen LogP contribution in [0.2, 0.25) is 5.02 Å². The van der Waals surface area contributed by atoms with Gasteiger partial charge in [0.05, 0.1) is 16.9 Å². The molecule has 150 valence electrons. The second-order valence-electron chi connectivity index (χ2n) is 8.31. The number of nitrogens with zero attached hydrogens (tertiary/aromatic N) is 2. The number of hydrogen-bond acceptors (Lipinski definition) is 2. The van der Waals surface area contributed by atoms with Gasteiger partial charge in [0, 0.05) is 22.8 Å². The number of halogens is 2. The maximum Gasteiger partial charge on any atom is 0.251 e. The van der Waals surface area contributed by atoms with E-state index < -0.39 is 0 Å². The van der Waals surface area contributed by atoms with Gasteiger partial charge in [0.25, 0.3) is 5.91 Å². The van der Waals surface area contributed by atoms with E-state index in [2.05, 4.69) is 17.3 Å². The fraction of sp³-hybridized carbons (Fsp3) is 0.391. The summed E-state index contributed by atoms with van der Waals surface area (Å²) in [6, 6.07) is 12.5. The van der Waals surface area contributed by atoms with Gasteiger partial charge in [-0.2, -0.15) is 5.10 Å². The van der Waals surface area contributed by atoms with Gasteiger partial charge in [-0.1, -0.05) is 24.6 Å². The third kappa shape index (κ3) is 3.31. The van der Waals surface area contributed by atoms with E-state index in [0.29, 0.717) is 45.3 Å². The molecule has 2 aromatic carbocycles. The molecule has 3 aromatic rings. The molecule has 6 heteroatoms. The number of rotatable bonds is 5. The molecule has 29 heavy (non-hydrogen) atoms. The van der Waals surface area contributed by atoms with Crippen molar-refractivity contribution in [3.63, 3.8) is 0 Å². The van der Waals surface area contributed by atoms with Crippen molar-refractivity contribution in [2.45, 2.75) is 38.3 Å². The number of aromatic nitrogens is 2. The maximum absolute atomic E-state index is 14.0. The zero-order chi connectivity index (χ0) is 20.1. The summed E-state index contributed by atoms with van der Waals surface area (Å²) < 4.78 is 15.9. The highest BCUT2D eigenvalue weighted by molar-refractivity contribution is 6.30. The SMILES string of the molecule is CCC(NC(=O)c1ccc(Cl)cc1)C1[C@H]2CC(n3cc4c(F)cccc4n3)C[C@@H]12. The second kappa shape index (κ2) is 7.13. The van der Waals surface area contributed by atoms with E-state index in [-0.39, 0.29) is 17.8 Å². The third-order valence-corrected chi connectivity index (χ3v) is 6.95. The molecule has 0 aliphatic heterocycles. The molecule has 2 fully saturated rings. The lowest BCUT2D eigenvalue weighted by Gasteiger charge is -2.21. The summed E-state index contributed by atoms with van der Waals surface area (Å²) in [5.41, 5.74) is 1.35. The number of nitrogens with one attached hydrogen (secondary N) is 1. The number of carbonyl (C=O) groups is 1. The number of amides is 1. The third-order valence-electron chi connectivity index (χ3n) is 6.70. The van der Waals surface area contributed by atoms with Crippen LogP contribution in [0.25, 0.3) is 10.9 Å². The molecule has 0 radical (unpaired) electrons. The zero-order valence-corrected chi connectivity index (χ0v) is 16.9. The summed E-state index contributed by atoms with van der Waals surface area (Å²) in [5.74, 6) is 1.48. The van der Waals surface area contributed by atoms with Gasteiger partial charge in [-0.3, -0.25) is 9.48 Å². The molecule has 1 heterocycles. The van der Waals surface area contributed by atoms with Crippen LogP contribution in [0, 0.1) is 23.6 Å². The van der Waals surface area contributed by atoms with Gasteiger partial charge in [0.1, 0.15) is 5.82 Å². The van der Waals surface area contributed by atoms with Crippen LogP contribution >= 0.6 is 11.6 Å². The molecule has 0 saturated heterocycles. The minimum Gasteiger partial charge on any atom is -0.349 e. The Balaban J connectivity index is 1.24. The smallest absolute Gasteiger partial charge is 0.251 e. The number of fused-ring (bicyclic) bond motifs is 2. The van der Waals surface area contributed by atoms with Crippen LogP contribution in [0.5, 0.6) is 0 Å². The number of benzene rings is 2. The van der Waals surface area contributed by atoms with E-state index in [9.17, 15) is 9.18 Å². The largest absolute Gasteiger partial charge is 0.349 e. The molecular formula is C23H23ClFN3O. The van der Waals surface area contributed by atoms with Gasteiger partial charge < -0.3 is 5.32 Å². The van der Waals surface area contributed by atoms with Gasteiger partial charge in [0.15, 0.2) is 0 Å². The first-order valence-electron chi connectivity index (χ1n) is 10.2. The van der Waals surface area contributed by atoms with E-state index in [1.165, 1.54) is 6.07 Å². The van der Waals surface area contributed by atoms with E-state index in [4.69, 9.17) is 11.6 Å². The standard InChI is InChI=1S/C23H23ClFN3O/c1-2-20(26-23(29)13-6-8-14(24)9-7-13)22-16-10-15(11-17(16)22)28-12-18-19(25)4-3-5-21(18)27-28/h3-9,12,15-17,20,22H,2,10-11H2,1H3,(H,26,29)/t15?,16-,17+,20?,22?. The van der Waals surface area contributed by atoms with Crippen LogP contribution in [-0.2, 0) is 0 Å². The monoisotopic (exact) mass is 411 g/mol. The molecule has 5 rings (SSSR count). The summed E-state index contributed by atoms with van der Waals surface area (Å²) in [7, 11) is 0. The topological polar surface area (TPSA) is 46.9 Å². The van der Waals surface area contributed by atoms with E-state index in [1.807, 2.05) is 16.9 Å². The zero-order valence-electron chi connectivity index (χ0n) is 16.2. The molecule has 5 atom stereocenters. The predicted molar refractivity (Wildman–Crippen MR) is 111 cm³/mol. The second-order valence-corrected chi connectivity index (χ2v) is 8.74. The van der Waals surface area contributed by atoms with Gasteiger partial charge >= 0.3 is 0 Å². The Morgan fingerprint density at radius 1 is 1.24 bits per heavy atom. The predicted octanol–water partition coefficient (Wildman–Crippen LogP) is 5.23. The Hall–Kier alpha value is -2.40. The highest BCUT2D eigenvalue weighted by Gasteiger charge is 2.59. The molecule has 2 aliphatic rings. The normalized spacial score (nSPS) is 26.3. The van der Waals surface area contributed by atoms with Crippen LogP contribution in [0.15, 0.2) is 48.7 Å². The Bertz CT molecular complexity index is 1050. The lowest BCUT2D eigenvalue weighted by molar-refractivity contribution is 0.0926. The molecular weight excluding hydrogens is 389 g/mol. The van der Waals surface area contributed by atoms with Gasteiger partial charge in [-0.25, -0.2) is 4.39 Å². The molecule has 3 unspecified atom stereocenters. The summed E-state index contributed by atoms with van der Waals surface area (Å²) in [4.78, 5) is 12.6. The number of hydrogen-bond donors (Lipinski definition) is 1. The maximum atomic E-state index is 14.0. The van der Waals surface area contributed by atoms with Gasteiger partial charge in [-0.05, 0) is 73.4 Å². The van der Waals surface area contributed by atoms with Gasteiger partial charge in [0.2, 0.25) is 0 Å². The van der Waals surface area contributed by atoms with E-state index in [0.717, 1.165) is 19.3 Å². The Labute approximate surface area is 174 Å². The lowest BCUT2D eigenvalue weighted by atomic mass is 9.99. The summed E-state index contributed by atoms with van der Waals surface area (Å²) in [5, 5.41) is 9.03. The molecule has 0 spiro atoms. The molecule has 2 saturated carbocycles. The van der Waals surface area contributed by atoms with E-state index in [1.54, 1.807) is 30.3 Å². The van der Waals surface area contributed by atoms with Crippen molar-refractivity contribution in [2.24, 2.45) is 17.8 Å². The van der Waals surface area contributed by atoms with Crippen LogP contribution in [0.4, 0.5) is 4.39 Å². The van der Waals surface area contributed by atoms with Crippen molar-refractivity contribution in [3.8, 4) is 0 Å². The minimum atomic E-state index is -0.217. The highest BCUT2D eigenvalue weighted by Crippen LogP contribution is 2.62. The average molecular weight is 412 g/mol. The molecule has 0 bridgehead atoms. The summed E-state index contributed by atoms with van der Waals surface area (Å²) >= 11 is 5.91. The highest BCUT2D eigenvalue weighted by atomic mass is 35.5. The Morgan fingerprint density at radius 3 is 2.62 bits per heavy atom.